The second-order valence-corrected chi connectivity index (χ2v) is 13.0. The van der Waals surface area contributed by atoms with Crippen LogP contribution in [0.25, 0.3) is 0 Å². The van der Waals surface area contributed by atoms with Gasteiger partial charge in [0.25, 0.3) is 5.56 Å². The third-order valence-electron chi connectivity index (χ3n) is 8.23. The van der Waals surface area contributed by atoms with Crippen molar-refractivity contribution in [2.45, 2.75) is 52.6 Å². The number of carbonyl (C=O) groups is 1. The van der Waals surface area contributed by atoms with Gasteiger partial charge >= 0.3 is 0 Å². The molecule has 0 spiro atoms. The van der Waals surface area contributed by atoms with E-state index in [2.05, 4.69) is 41.8 Å². The first kappa shape index (κ1) is 25.0. The van der Waals surface area contributed by atoms with E-state index in [0.717, 1.165) is 17.4 Å². The molecule has 1 aliphatic heterocycles. The SMILES string of the molecule is C[C@@H]1[C@H]2C[C@@H](C[C@H]1Nc1cnn(CC(=O)NCC3CCNC=C3S(C)(=O)=O)c(=O)c1Cl)C2(C)C. The molecule has 3 aliphatic carbocycles. The molecule has 9 nitrogen and oxygen atoms in total. The smallest absolute Gasteiger partial charge is 0.288 e. The van der Waals surface area contributed by atoms with E-state index in [1.807, 2.05) is 0 Å². The summed E-state index contributed by atoms with van der Waals surface area (Å²) in [6.07, 6.45) is 7.03. The number of sulfone groups is 1. The summed E-state index contributed by atoms with van der Waals surface area (Å²) in [7, 11) is -3.37. The molecule has 3 fully saturated rings. The van der Waals surface area contributed by atoms with Crippen LogP contribution in [-0.4, -0.2) is 49.5 Å². The number of nitrogens with one attached hydrogen (secondary N) is 3. The Hall–Kier alpha value is -2.07. The van der Waals surface area contributed by atoms with Gasteiger partial charge in [0.2, 0.25) is 5.91 Å². The number of carbonyl (C=O) groups excluding carboxylic acids is 1. The lowest BCUT2D eigenvalue weighted by atomic mass is 9.45. The fourth-order valence-electron chi connectivity index (χ4n) is 5.95. The van der Waals surface area contributed by atoms with Crippen LogP contribution < -0.4 is 21.5 Å². The minimum Gasteiger partial charge on any atom is -0.390 e. The Bertz CT molecular complexity index is 1160. The van der Waals surface area contributed by atoms with Crippen LogP contribution >= 0.6 is 11.6 Å². The van der Waals surface area contributed by atoms with Crippen LogP contribution in [0.5, 0.6) is 0 Å². The van der Waals surface area contributed by atoms with Crippen molar-refractivity contribution in [1.82, 2.24) is 20.4 Å². The van der Waals surface area contributed by atoms with Crippen molar-refractivity contribution in [3.63, 3.8) is 0 Å². The van der Waals surface area contributed by atoms with Crippen LogP contribution in [0.4, 0.5) is 5.69 Å². The summed E-state index contributed by atoms with van der Waals surface area (Å²) in [5, 5.41) is 13.3. The quantitative estimate of drug-likeness (QED) is 0.511. The Labute approximate surface area is 205 Å². The fraction of sp³-hybridized carbons (Fsp3) is 0.696. The Morgan fingerprint density at radius 3 is 2.74 bits per heavy atom. The monoisotopic (exact) mass is 511 g/mol. The van der Waals surface area contributed by atoms with Gasteiger partial charge in [-0.15, -0.1) is 0 Å². The van der Waals surface area contributed by atoms with Crippen LogP contribution in [0.1, 0.15) is 40.0 Å². The summed E-state index contributed by atoms with van der Waals surface area (Å²) in [6, 6.07) is 0.233. The highest BCUT2D eigenvalue weighted by molar-refractivity contribution is 7.94. The van der Waals surface area contributed by atoms with E-state index in [0.29, 0.717) is 41.8 Å². The molecule has 3 saturated carbocycles. The van der Waals surface area contributed by atoms with Gasteiger partial charge in [0, 0.05) is 37.5 Å². The third-order valence-corrected chi connectivity index (χ3v) is 9.90. The van der Waals surface area contributed by atoms with Crippen molar-refractivity contribution in [2.24, 2.45) is 29.1 Å². The molecule has 2 heterocycles. The number of halogens is 1. The van der Waals surface area contributed by atoms with Crippen molar-refractivity contribution in [2.75, 3.05) is 24.7 Å². The van der Waals surface area contributed by atoms with E-state index >= 15 is 0 Å². The summed E-state index contributed by atoms with van der Waals surface area (Å²) < 4.78 is 25.0. The first-order valence-electron chi connectivity index (χ1n) is 11.8. The van der Waals surface area contributed by atoms with E-state index in [1.165, 1.54) is 18.8 Å². The van der Waals surface area contributed by atoms with E-state index in [9.17, 15) is 18.0 Å². The maximum Gasteiger partial charge on any atom is 0.288 e. The topological polar surface area (TPSA) is 122 Å². The van der Waals surface area contributed by atoms with Crippen molar-refractivity contribution >= 4 is 33.0 Å². The summed E-state index contributed by atoms with van der Waals surface area (Å²) >= 11 is 6.37. The molecule has 1 aromatic heterocycles. The minimum absolute atomic E-state index is 0.0224. The molecule has 3 N–H and O–H groups in total. The molecular weight excluding hydrogens is 478 g/mol. The molecule has 1 unspecified atom stereocenters. The van der Waals surface area contributed by atoms with Gasteiger partial charge in [0.1, 0.15) is 11.6 Å². The van der Waals surface area contributed by atoms with Crippen molar-refractivity contribution < 1.29 is 13.2 Å². The lowest BCUT2D eigenvalue weighted by Crippen LogP contribution is -2.58. The number of nitrogens with zero attached hydrogens (tertiary/aromatic N) is 2. The number of aromatic nitrogens is 2. The standard InChI is InChI=1S/C23H34ClN5O4S/c1-13-16-7-15(23(16,2)3)8-17(13)28-18-10-27-29(22(31)21(18)24)12-20(30)26-9-14-5-6-25-11-19(14)34(4,32)33/h10-11,13-17,25,28H,5-9,12H2,1-4H3,(H,26,30)/t13-,14?,15+,16-,17-/m1/s1. The molecule has 5 rings (SSSR count). The zero-order valence-corrected chi connectivity index (χ0v) is 21.7. The molecule has 188 valence electrons. The molecule has 5 atom stereocenters. The second kappa shape index (κ2) is 9.18. The average molecular weight is 512 g/mol. The number of rotatable bonds is 7. The highest BCUT2D eigenvalue weighted by Gasteiger charge is 2.56. The Morgan fingerprint density at radius 2 is 2.09 bits per heavy atom. The zero-order chi connectivity index (χ0) is 24.8. The predicted molar refractivity (Wildman–Crippen MR) is 132 cm³/mol. The first-order valence-corrected chi connectivity index (χ1v) is 14.1. The van der Waals surface area contributed by atoms with Crippen LogP contribution in [-0.2, 0) is 21.2 Å². The molecule has 0 saturated heterocycles. The summed E-state index contributed by atoms with van der Waals surface area (Å²) in [5.41, 5.74) is 0.328. The summed E-state index contributed by atoms with van der Waals surface area (Å²) in [6.45, 7) is 7.42. The second-order valence-electron chi connectivity index (χ2n) is 10.6. The van der Waals surface area contributed by atoms with Crippen LogP contribution in [0.15, 0.2) is 22.1 Å². The average Bonchev–Trinajstić information content (AvgIpc) is 2.77. The molecule has 4 aliphatic rings. The summed E-state index contributed by atoms with van der Waals surface area (Å²) in [4.78, 5) is 25.5. The zero-order valence-electron chi connectivity index (χ0n) is 20.1. The predicted octanol–water partition coefficient (Wildman–Crippen LogP) is 1.99. The van der Waals surface area contributed by atoms with Gasteiger partial charge in [0.05, 0.1) is 16.8 Å². The number of hydrogen-bond donors (Lipinski definition) is 3. The lowest BCUT2D eigenvalue weighted by Gasteiger charge is -2.62. The maximum absolute atomic E-state index is 12.8. The highest BCUT2D eigenvalue weighted by Crippen LogP contribution is 2.61. The molecule has 34 heavy (non-hydrogen) atoms. The van der Waals surface area contributed by atoms with Gasteiger partial charge < -0.3 is 16.0 Å². The molecule has 0 aromatic carbocycles. The molecule has 1 aromatic rings. The van der Waals surface area contributed by atoms with Gasteiger partial charge in [-0.2, -0.15) is 5.10 Å². The van der Waals surface area contributed by atoms with Gasteiger partial charge in [-0.05, 0) is 42.4 Å². The molecule has 0 radical (unpaired) electrons. The Morgan fingerprint density at radius 1 is 1.35 bits per heavy atom. The molecule has 11 heteroatoms. The molecule has 1 amide bonds. The minimum atomic E-state index is -3.37. The molecule has 2 bridgehead atoms. The van der Waals surface area contributed by atoms with E-state index in [1.54, 1.807) is 0 Å². The van der Waals surface area contributed by atoms with Crippen LogP contribution in [0, 0.1) is 29.1 Å². The van der Waals surface area contributed by atoms with Gasteiger partial charge in [-0.1, -0.05) is 32.4 Å². The molecular formula is C23H34ClN5O4S. The van der Waals surface area contributed by atoms with Crippen molar-refractivity contribution in [1.29, 1.82) is 0 Å². The highest BCUT2D eigenvalue weighted by atomic mass is 35.5. The Balaban J connectivity index is 1.37. The lowest BCUT2D eigenvalue weighted by molar-refractivity contribution is -0.122. The van der Waals surface area contributed by atoms with Crippen LogP contribution in [0.3, 0.4) is 0 Å². The van der Waals surface area contributed by atoms with Crippen molar-refractivity contribution in [3.8, 4) is 0 Å². The number of amides is 1. The largest absolute Gasteiger partial charge is 0.390 e. The van der Waals surface area contributed by atoms with Gasteiger partial charge in [-0.25, -0.2) is 13.1 Å². The van der Waals surface area contributed by atoms with Gasteiger partial charge in [0.15, 0.2) is 9.84 Å². The fourth-order valence-corrected chi connectivity index (χ4v) is 7.26. The third kappa shape index (κ3) is 4.71. The van der Waals surface area contributed by atoms with E-state index in [-0.39, 0.29) is 35.0 Å². The van der Waals surface area contributed by atoms with Gasteiger partial charge in [-0.3, -0.25) is 9.59 Å². The normalized spacial score (nSPS) is 29.9. The number of hydrogen-bond acceptors (Lipinski definition) is 7. The maximum atomic E-state index is 12.8. The first-order chi connectivity index (χ1) is 15.9. The van der Waals surface area contributed by atoms with E-state index < -0.39 is 21.3 Å². The van der Waals surface area contributed by atoms with Crippen molar-refractivity contribution in [3.05, 3.63) is 32.7 Å². The van der Waals surface area contributed by atoms with Crippen LogP contribution in [0.2, 0.25) is 5.02 Å². The summed E-state index contributed by atoms with van der Waals surface area (Å²) in [5.74, 6) is 1.04. The van der Waals surface area contributed by atoms with E-state index in [4.69, 9.17) is 11.6 Å². The number of anilines is 1. The Kier molecular flexibility index (Phi) is 6.76. The number of fused-ring (bicyclic) bond motifs is 2.